The number of hydrogen-bond donors (Lipinski definition) is 1. The van der Waals surface area contributed by atoms with Gasteiger partial charge in [0.2, 0.25) is 0 Å². The number of rotatable bonds is 0. The number of hydrogen-bond acceptors (Lipinski definition) is 2. The smallest absolute Gasteiger partial charge is 0.183 e. The van der Waals surface area contributed by atoms with Gasteiger partial charge in [0.05, 0.1) is 5.39 Å². The van der Waals surface area contributed by atoms with Crippen LogP contribution in [0.5, 0.6) is 0 Å². The Labute approximate surface area is 90.3 Å². The molecule has 11 heavy (non-hydrogen) atoms. The summed E-state index contributed by atoms with van der Waals surface area (Å²) in [5.41, 5.74) is 0.793. The van der Waals surface area contributed by atoms with Crippen LogP contribution in [0.1, 0.15) is 0 Å². The lowest BCUT2D eigenvalue weighted by Gasteiger charge is -1.89. The summed E-state index contributed by atoms with van der Waals surface area (Å²) in [4.78, 5) is 4.11. The zero-order valence-electron chi connectivity index (χ0n) is 5.31. The molecule has 0 atom stereocenters. The minimum Gasteiger partial charge on any atom is -0.269 e. The van der Waals surface area contributed by atoms with Gasteiger partial charge < -0.3 is 0 Å². The van der Waals surface area contributed by atoms with Crippen LogP contribution in [-0.2, 0) is 0 Å². The lowest BCUT2D eigenvalue weighted by molar-refractivity contribution is 1.08. The highest BCUT2D eigenvalue weighted by atomic mass is 127. The zero-order chi connectivity index (χ0) is 7.84. The summed E-state index contributed by atoms with van der Waals surface area (Å²) in [6, 6.07) is 1.97. The molecule has 56 valence electrons. The maximum atomic E-state index is 4.11. The first-order valence-corrected chi connectivity index (χ1v) is 5.09. The van der Waals surface area contributed by atoms with E-state index >= 15 is 0 Å². The average molecular weight is 371 g/mol. The molecule has 2 rings (SSSR count). The van der Waals surface area contributed by atoms with Gasteiger partial charge in [-0.25, -0.2) is 4.98 Å². The molecule has 2 heterocycles. The molecule has 0 bridgehead atoms. The molecule has 5 heteroatoms. The first kappa shape index (κ1) is 7.71. The monoisotopic (exact) mass is 371 g/mol. The fourth-order valence-corrected chi connectivity index (χ4v) is 2.71. The number of H-pyrrole nitrogens is 1. The van der Waals surface area contributed by atoms with Crippen LogP contribution < -0.4 is 0 Å². The highest BCUT2D eigenvalue weighted by Gasteiger charge is 2.05. The summed E-state index contributed by atoms with van der Waals surface area (Å²) in [6.45, 7) is 0. The van der Waals surface area contributed by atoms with E-state index in [9.17, 15) is 0 Å². The molecular formula is C6H3I2N3. The van der Waals surface area contributed by atoms with E-state index in [4.69, 9.17) is 0 Å². The average Bonchev–Trinajstić information content (AvgIpc) is 2.34. The van der Waals surface area contributed by atoms with Gasteiger partial charge in [-0.2, -0.15) is 5.10 Å². The van der Waals surface area contributed by atoms with Gasteiger partial charge >= 0.3 is 0 Å². The van der Waals surface area contributed by atoms with Gasteiger partial charge in [-0.05, 0) is 51.2 Å². The zero-order valence-corrected chi connectivity index (χ0v) is 9.62. The molecule has 0 aliphatic carbocycles. The van der Waals surface area contributed by atoms with Crippen LogP contribution in [0.15, 0.2) is 12.3 Å². The van der Waals surface area contributed by atoms with Crippen molar-refractivity contribution in [3.05, 3.63) is 19.5 Å². The Morgan fingerprint density at radius 2 is 2.18 bits per heavy atom. The molecule has 0 saturated heterocycles. The van der Waals surface area contributed by atoms with Crippen molar-refractivity contribution in [1.29, 1.82) is 0 Å². The van der Waals surface area contributed by atoms with Crippen LogP contribution in [0.4, 0.5) is 0 Å². The van der Waals surface area contributed by atoms with Crippen LogP contribution in [-0.4, -0.2) is 15.2 Å². The molecule has 0 aliphatic rings. The molecule has 3 nitrogen and oxygen atoms in total. The second-order valence-electron chi connectivity index (χ2n) is 2.03. The van der Waals surface area contributed by atoms with Gasteiger partial charge in [0, 0.05) is 9.77 Å². The number of aromatic nitrogens is 3. The van der Waals surface area contributed by atoms with E-state index in [2.05, 4.69) is 60.4 Å². The molecule has 0 radical (unpaired) electrons. The Morgan fingerprint density at radius 1 is 1.36 bits per heavy atom. The SMILES string of the molecule is Ic1ccnc2n[nH]c(I)c12. The fourth-order valence-electron chi connectivity index (χ4n) is 0.874. The Kier molecular flexibility index (Phi) is 2.00. The van der Waals surface area contributed by atoms with E-state index in [1.807, 2.05) is 6.07 Å². The highest BCUT2D eigenvalue weighted by Crippen LogP contribution is 2.20. The Hall–Kier alpha value is 0.0800. The highest BCUT2D eigenvalue weighted by molar-refractivity contribution is 14.1. The summed E-state index contributed by atoms with van der Waals surface area (Å²) in [7, 11) is 0. The third kappa shape index (κ3) is 1.24. The van der Waals surface area contributed by atoms with Crippen molar-refractivity contribution in [2.75, 3.05) is 0 Å². The van der Waals surface area contributed by atoms with Crippen LogP contribution in [0.2, 0.25) is 0 Å². The van der Waals surface area contributed by atoms with Gasteiger partial charge in [-0.15, -0.1) is 0 Å². The molecule has 0 saturated carbocycles. The van der Waals surface area contributed by atoms with E-state index in [1.54, 1.807) is 6.20 Å². The quantitative estimate of drug-likeness (QED) is 0.722. The van der Waals surface area contributed by atoms with Gasteiger partial charge in [-0.1, -0.05) is 0 Å². The molecule has 0 aliphatic heterocycles. The third-order valence-electron chi connectivity index (χ3n) is 1.36. The minimum atomic E-state index is 0.793. The number of nitrogens with one attached hydrogen (secondary N) is 1. The molecule has 0 fully saturated rings. The Balaban J connectivity index is 2.96. The van der Waals surface area contributed by atoms with Gasteiger partial charge in [0.1, 0.15) is 3.70 Å². The van der Waals surface area contributed by atoms with Crippen LogP contribution in [0.25, 0.3) is 11.0 Å². The predicted octanol–water partition coefficient (Wildman–Crippen LogP) is 2.17. The lowest BCUT2D eigenvalue weighted by Crippen LogP contribution is -1.78. The van der Waals surface area contributed by atoms with Crippen molar-refractivity contribution < 1.29 is 0 Å². The van der Waals surface area contributed by atoms with E-state index < -0.39 is 0 Å². The number of pyridine rings is 1. The van der Waals surface area contributed by atoms with E-state index in [-0.39, 0.29) is 0 Å². The molecule has 2 aromatic heterocycles. The van der Waals surface area contributed by atoms with Crippen molar-refractivity contribution in [2.45, 2.75) is 0 Å². The van der Waals surface area contributed by atoms with Crippen molar-refractivity contribution in [3.63, 3.8) is 0 Å². The maximum absolute atomic E-state index is 4.11. The largest absolute Gasteiger partial charge is 0.269 e. The van der Waals surface area contributed by atoms with Crippen LogP contribution in [0.3, 0.4) is 0 Å². The number of fused-ring (bicyclic) bond motifs is 1. The molecule has 0 spiro atoms. The van der Waals surface area contributed by atoms with Crippen molar-refractivity contribution in [1.82, 2.24) is 15.2 Å². The van der Waals surface area contributed by atoms with Crippen molar-refractivity contribution in [2.24, 2.45) is 0 Å². The molecular weight excluding hydrogens is 368 g/mol. The topological polar surface area (TPSA) is 41.6 Å². The predicted molar refractivity (Wildman–Crippen MR) is 59.3 cm³/mol. The summed E-state index contributed by atoms with van der Waals surface area (Å²) >= 11 is 4.49. The standard InChI is InChI=1S/C6H3I2N3/c7-3-1-2-9-6-4(3)5(8)10-11-6/h1-2H,(H,9,10,11). The van der Waals surface area contributed by atoms with Gasteiger partial charge in [0.15, 0.2) is 5.65 Å². The molecule has 2 aromatic rings. The van der Waals surface area contributed by atoms with Crippen molar-refractivity contribution >= 4 is 56.2 Å². The normalized spacial score (nSPS) is 10.7. The van der Waals surface area contributed by atoms with Gasteiger partial charge in [-0.3, -0.25) is 5.10 Å². The molecule has 0 aromatic carbocycles. The van der Waals surface area contributed by atoms with Crippen LogP contribution in [0, 0.1) is 7.27 Å². The van der Waals surface area contributed by atoms with E-state index in [0.717, 1.165) is 14.7 Å². The first-order valence-electron chi connectivity index (χ1n) is 2.93. The number of nitrogens with zero attached hydrogens (tertiary/aromatic N) is 2. The second kappa shape index (κ2) is 2.85. The summed E-state index contributed by atoms with van der Waals surface area (Å²) in [6.07, 6.45) is 1.76. The molecule has 0 unspecified atom stereocenters. The summed E-state index contributed by atoms with van der Waals surface area (Å²) < 4.78 is 2.24. The Morgan fingerprint density at radius 3 is 2.91 bits per heavy atom. The summed E-state index contributed by atoms with van der Waals surface area (Å²) in [5.74, 6) is 0. The lowest BCUT2D eigenvalue weighted by atomic mass is 10.4. The summed E-state index contributed by atoms with van der Waals surface area (Å²) in [5, 5.41) is 8.04. The Bertz CT molecular complexity index is 396. The minimum absolute atomic E-state index is 0.793. The molecule has 1 N–H and O–H groups in total. The van der Waals surface area contributed by atoms with Crippen LogP contribution >= 0.6 is 45.2 Å². The maximum Gasteiger partial charge on any atom is 0.183 e. The van der Waals surface area contributed by atoms with E-state index in [0.29, 0.717) is 0 Å². The van der Waals surface area contributed by atoms with E-state index in [1.165, 1.54) is 3.57 Å². The number of halogens is 2. The third-order valence-corrected chi connectivity index (χ3v) is 3.04. The first-order chi connectivity index (χ1) is 5.29. The number of aromatic amines is 1. The second-order valence-corrected chi connectivity index (χ2v) is 4.27. The van der Waals surface area contributed by atoms with Gasteiger partial charge in [0.25, 0.3) is 0 Å². The van der Waals surface area contributed by atoms with Crippen molar-refractivity contribution in [3.8, 4) is 0 Å². The fraction of sp³-hybridized carbons (Fsp3) is 0. The molecule has 0 amide bonds.